The molecule has 0 fully saturated rings. The van der Waals surface area contributed by atoms with Gasteiger partial charge in [0.25, 0.3) is 0 Å². The number of anilines is 1. The van der Waals surface area contributed by atoms with Crippen LogP contribution in [0.25, 0.3) is 0 Å². The van der Waals surface area contributed by atoms with Crippen molar-refractivity contribution in [2.45, 2.75) is 13.5 Å². The summed E-state index contributed by atoms with van der Waals surface area (Å²) < 4.78 is 1.02. The molecule has 2 rings (SSSR count). The molecule has 1 N–H and O–H groups in total. The Bertz CT molecular complexity index is 568. The van der Waals surface area contributed by atoms with Crippen LogP contribution in [0.5, 0.6) is 0 Å². The van der Waals surface area contributed by atoms with Crippen molar-refractivity contribution < 1.29 is 0 Å². The maximum Gasteiger partial charge on any atom is 0.0456 e. The SMILES string of the molecule is Cc1c(Cl)cccc1NCc1cc(Br)ccc1Cl. The first-order valence-electron chi connectivity index (χ1n) is 5.51. The molecule has 0 aliphatic rings. The van der Waals surface area contributed by atoms with Crippen molar-refractivity contribution in [2.75, 3.05) is 5.32 Å². The van der Waals surface area contributed by atoms with E-state index in [0.717, 1.165) is 31.3 Å². The van der Waals surface area contributed by atoms with E-state index in [9.17, 15) is 0 Å². The lowest BCUT2D eigenvalue weighted by Crippen LogP contribution is -2.01. The minimum absolute atomic E-state index is 0.666. The molecule has 0 spiro atoms. The van der Waals surface area contributed by atoms with Crippen molar-refractivity contribution in [1.29, 1.82) is 0 Å². The van der Waals surface area contributed by atoms with Gasteiger partial charge in [-0.05, 0) is 48.4 Å². The fourth-order valence-corrected chi connectivity index (χ4v) is 2.44. The molecular formula is C14H12BrCl2N. The van der Waals surface area contributed by atoms with Crippen molar-refractivity contribution in [3.8, 4) is 0 Å². The number of halogens is 3. The monoisotopic (exact) mass is 343 g/mol. The molecule has 0 amide bonds. The largest absolute Gasteiger partial charge is 0.381 e. The molecule has 0 bridgehead atoms. The van der Waals surface area contributed by atoms with E-state index in [1.54, 1.807) is 0 Å². The summed E-state index contributed by atoms with van der Waals surface area (Å²) in [5, 5.41) is 4.87. The Morgan fingerprint density at radius 2 is 1.89 bits per heavy atom. The van der Waals surface area contributed by atoms with Gasteiger partial charge in [0.2, 0.25) is 0 Å². The second-order valence-corrected chi connectivity index (χ2v) is 5.73. The Kier molecular flexibility index (Phi) is 4.55. The summed E-state index contributed by atoms with van der Waals surface area (Å²) in [6.07, 6.45) is 0. The quantitative estimate of drug-likeness (QED) is 0.755. The van der Waals surface area contributed by atoms with Crippen molar-refractivity contribution in [3.63, 3.8) is 0 Å². The first-order valence-corrected chi connectivity index (χ1v) is 7.06. The molecule has 0 aliphatic heterocycles. The molecule has 0 aromatic heterocycles. The summed E-state index contributed by atoms with van der Waals surface area (Å²) in [6.45, 7) is 2.66. The molecule has 1 nitrogen and oxygen atoms in total. The Labute approximate surface area is 125 Å². The topological polar surface area (TPSA) is 12.0 Å². The highest BCUT2D eigenvalue weighted by Gasteiger charge is 2.04. The van der Waals surface area contributed by atoms with Gasteiger partial charge in [-0.3, -0.25) is 0 Å². The lowest BCUT2D eigenvalue weighted by molar-refractivity contribution is 1.14. The standard InChI is InChI=1S/C14H12BrCl2N/c1-9-12(16)3-2-4-14(9)18-8-10-7-11(15)5-6-13(10)17/h2-7,18H,8H2,1H3. The van der Waals surface area contributed by atoms with Gasteiger partial charge in [-0.15, -0.1) is 0 Å². The highest BCUT2D eigenvalue weighted by molar-refractivity contribution is 9.10. The van der Waals surface area contributed by atoms with Gasteiger partial charge in [-0.2, -0.15) is 0 Å². The van der Waals surface area contributed by atoms with Crippen LogP contribution < -0.4 is 5.32 Å². The molecule has 18 heavy (non-hydrogen) atoms. The van der Waals surface area contributed by atoms with Gasteiger partial charge in [0.05, 0.1) is 0 Å². The van der Waals surface area contributed by atoms with Crippen LogP contribution in [-0.2, 0) is 6.54 Å². The van der Waals surface area contributed by atoms with Crippen LogP contribution in [0.2, 0.25) is 10.0 Å². The number of rotatable bonds is 3. The molecule has 2 aromatic rings. The third kappa shape index (κ3) is 3.19. The zero-order chi connectivity index (χ0) is 13.1. The number of nitrogens with one attached hydrogen (secondary N) is 1. The van der Waals surface area contributed by atoms with Crippen LogP contribution in [0.3, 0.4) is 0 Å². The summed E-state index contributed by atoms with van der Waals surface area (Å²) in [7, 11) is 0. The highest BCUT2D eigenvalue weighted by Crippen LogP contribution is 2.25. The van der Waals surface area contributed by atoms with Gasteiger partial charge in [0, 0.05) is 26.8 Å². The smallest absolute Gasteiger partial charge is 0.0456 e. The summed E-state index contributed by atoms with van der Waals surface area (Å²) in [5.74, 6) is 0. The second kappa shape index (κ2) is 5.96. The number of hydrogen-bond acceptors (Lipinski definition) is 1. The highest BCUT2D eigenvalue weighted by atomic mass is 79.9. The Morgan fingerprint density at radius 3 is 2.67 bits per heavy atom. The molecule has 0 radical (unpaired) electrons. The molecule has 94 valence electrons. The average Bonchev–Trinajstić information content (AvgIpc) is 2.35. The van der Waals surface area contributed by atoms with E-state index in [1.807, 2.05) is 43.3 Å². The van der Waals surface area contributed by atoms with Gasteiger partial charge in [0.1, 0.15) is 0 Å². The molecular weight excluding hydrogens is 333 g/mol. The minimum Gasteiger partial charge on any atom is -0.381 e. The first kappa shape index (κ1) is 13.7. The average molecular weight is 345 g/mol. The Morgan fingerprint density at radius 1 is 1.11 bits per heavy atom. The molecule has 0 saturated carbocycles. The lowest BCUT2D eigenvalue weighted by Gasteiger charge is -2.11. The third-order valence-corrected chi connectivity index (χ3v) is 4.02. The molecule has 4 heteroatoms. The zero-order valence-electron chi connectivity index (χ0n) is 9.81. The summed E-state index contributed by atoms with van der Waals surface area (Å²) >= 11 is 15.7. The van der Waals surface area contributed by atoms with Crippen molar-refractivity contribution >= 4 is 44.8 Å². The van der Waals surface area contributed by atoms with E-state index >= 15 is 0 Å². The van der Waals surface area contributed by atoms with Gasteiger partial charge in [-0.25, -0.2) is 0 Å². The second-order valence-electron chi connectivity index (χ2n) is 4.00. The van der Waals surface area contributed by atoms with Crippen molar-refractivity contribution in [3.05, 3.63) is 62.0 Å². The summed E-state index contributed by atoms with van der Waals surface area (Å²) in [6, 6.07) is 11.6. The van der Waals surface area contributed by atoms with Gasteiger partial charge in [0.15, 0.2) is 0 Å². The van der Waals surface area contributed by atoms with Gasteiger partial charge in [-0.1, -0.05) is 45.2 Å². The van der Waals surface area contributed by atoms with E-state index in [-0.39, 0.29) is 0 Å². The van der Waals surface area contributed by atoms with E-state index in [2.05, 4.69) is 21.2 Å². The van der Waals surface area contributed by atoms with Crippen LogP contribution in [0.15, 0.2) is 40.9 Å². The van der Waals surface area contributed by atoms with Crippen LogP contribution in [-0.4, -0.2) is 0 Å². The molecule has 2 aromatic carbocycles. The van der Waals surface area contributed by atoms with E-state index in [0.29, 0.717) is 6.54 Å². The molecule has 0 saturated heterocycles. The Balaban J connectivity index is 2.16. The van der Waals surface area contributed by atoms with Crippen molar-refractivity contribution in [1.82, 2.24) is 0 Å². The third-order valence-electron chi connectivity index (χ3n) is 2.74. The summed E-state index contributed by atoms with van der Waals surface area (Å²) in [4.78, 5) is 0. The predicted octanol–water partition coefficient (Wildman–Crippen LogP) is 5.68. The minimum atomic E-state index is 0.666. The number of hydrogen-bond donors (Lipinski definition) is 1. The maximum atomic E-state index is 6.15. The Hall–Kier alpha value is -0.700. The molecule has 0 unspecified atom stereocenters. The van der Waals surface area contributed by atoms with E-state index in [4.69, 9.17) is 23.2 Å². The van der Waals surface area contributed by atoms with Crippen LogP contribution >= 0.6 is 39.1 Å². The normalized spacial score (nSPS) is 10.4. The van der Waals surface area contributed by atoms with Gasteiger partial charge < -0.3 is 5.32 Å². The van der Waals surface area contributed by atoms with E-state index < -0.39 is 0 Å². The molecule has 0 aliphatic carbocycles. The number of benzene rings is 2. The maximum absolute atomic E-state index is 6.15. The lowest BCUT2D eigenvalue weighted by atomic mass is 10.1. The fourth-order valence-electron chi connectivity index (χ4n) is 1.67. The van der Waals surface area contributed by atoms with Crippen molar-refractivity contribution in [2.24, 2.45) is 0 Å². The fraction of sp³-hybridized carbons (Fsp3) is 0.143. The predicted molar refractivity (Wildman–Crippen MR) is 82.7 cm³/mol. The van der Waals surface area contributed by atoms with Crippen LogP contribution in [0, 0.1) is 6.92 Å². The van der Waals surface area contributed by atoms with Crippen LogP contribution in [0.1, 0.15) is 11.1 Å². The van der Waals surface area contributed by atoms with Crippen LogP contribution in [0.4, 0.5) is 5.69 Å². The van der Waals surface area contributed by atoms with Gasteiger partial charge >= 0.3 is 0 Å². The zero-order valence-corrected chi connectivity index (χ0v) is 12.9. The first-order chi connectivity index (χ1) is 8.58. The summed E-state index contributed by atoms with van der Waals surface area (Å²) in [5.41, 5.74) is 3.12. The molecule has 0 atom stereocenters. The molecule has 0 heterocycles. The van der Waals surface area contributed by atoms with E-state index in [1.165, 1.54) is 0 Å².